The van der Waals surface area contributed by atoms with E-state index in [0.717, 1.165) is 47.2 Å². The van der Waals surface area contributed by atoms with E-state index in [1.807, 2.05) is 19.9 Å². The van der Waals surface area contributed by atoms with E-state index in [1.165, 1.54) is 28.7 Å². The highest BCUT2D eigenvalue weighted by Crippen LogP contribution is 2.31. The summed E-state index contributed by atoms with van der Waals surface area (Å²) in [6.45, 7) is 5.71. The number of nitrogens with zero attached hydrogens (tertiary/aromatic N) is 3. The van der Waals surface area contributed by atoms with Gasteiger partial charge in [-0.25, -0.2) is 9.97 Å². The topological polar surface area (TPSA) is 76.9 Å². The number of hydrogen-bond donors (Lipinski definition) is 1. The fraction of sp³-hybridized carbons (Fsp3) is 0.500. The van der Waals surface area contributed by atoms with Crippen LogP contribution in [0.5, 0.6) is 0 Å². The van der Waals surface area contributed by atoms with E-state index in [1.54, 1.807) is 6.92 Å². The number of carbonyl (C=O) groups is 1. The van der Waals surface area contributed by atoms with Gasteiger partial charge in [-0.1, -0.05) is 19.3 Å². The van der Waals surface area contributed by atoms with Crippen LogP contribution in [0.1, 0.15) is 56.3 Å². The summed E-state index contributed by atoms with van der Waals surface area (Å²) in [5, 5.41) is 4.03. The van der Waals surface area contributed by atoms with E-state index in [2.05, 4.69) is 15.3 Å². The molecule has 0 radical (unpaired) electrons. The number of aryl methyl sites for hydroxylation is 2. The first kappa shape index (κ1) is 18.1. The molecule has 1 aliphatic carbocycles. The predicted molar refractivity (Wildman–Crippen MR) is 108 cm³/mol. The van der Waals surface area contributed by atoms with Crippen molar-refractivity contribution < 1.29 is 4.79 Å². The van der Waals surface area contributed by atoms with Gasteiger partial charge in [0.15, 0.2) is 0 Å². The molecule has 7 heteroatoms. The number of thiophene rings is 1. The average Bonchev–Trinajstić information content (AvgIpc) is 3.02. The Morgan fingerprint density at radius 1 is 1.30 bits per heavy atom. The summed E-state index contributed by atoms with van der Waals surface area (Å²) in [5.41, 5.74) is 2.50. The van der Waals surface area contributed by atoms with Crippen LogP contribution in [-0.2, 0) is 4.79 Å². The summed E-state index contributed by atoms with van der Waals surface area (Å²) in [7, 11) is 0. The largest absolute Gasteiger partial charge is 0.352 e. The van der Waals surface area contributed by atoms with Crippen LogP contribution in [0, 0.1) is 13.8 Å². The maximum atomic E-state index is 13.1. The molecule has 1 N–H and O–H groups in total. The Hall–Kier alpha value is -2.28. The molecule has 142 valence electrons. The lowest BCUT2D eigenvalue weighted by molar-refractivity contribution is -0.124. The van der Waals surface area contributed by atoms with Gasteiger partial charge in [-0.3, -0.25) is 14.2 Å². The highest BCUT2D eigenvalue weighted by molar-refractivity contribution is 7.25. The van der Waals surface area contributed by atoms with E-state index in [9.17, 15) is 9.59 Å². The first-order valence-corrected chi connectivity index (χ1v) is 10.4. The summed E-state index contributed by atoms with van der Waals surface area (Å²) in [5.74, 6) is -0.114. The molecule has 4 rings (SSSR count). The predicted octanol–water partition coefficient (Wildman–Crippen LogP) is 3.63. The second-order valence-corrected chi connectivity index (χ2v) is 8.52. The maximum Gasteiger partial charge on any atom is 0.272 e. The Morgan fingerprint density at radius 2 is 2.04 bits per heavy atom. The lowest BCUT2D eigenvalue weighted by Gasteiger charge is -2.24. The molecule has 1 amide bonds. The second kappa shape index (κ2) is 7.03. The molecule has 1 fully saturated rings. The van der Waals surface area contributed by atoms with Gasteiger partial charge in [-0.15, -0.1) is 11.3 Å². The standard InChI is InChI=1S/C20H24N4O2S/c1-11-9-12(2)22-19-15(11)16-17(27-19)20(26)24(10-21-16)13(3)18(25)23-14-7-5-4-6-8-14/h9-10,13-14H,4-8H2,1-3H3,(H,23,25)/t13-/m0/s1. The quantitative estimate of drug-likeness (QED) is 0.748. The lowest BCUT2D eigenvalue weighted by Crippen LogP contribution is -2.42. The Labute approximate surface area is 161 Å². The summed E-state index contributed by atoms with van der Waals surface area (Å²) >= 11 is 1.36. The van der Waals surface area contributed by atoms with Crippen molar-refractivity contribution in [3.8, 4) is 0 Å². The molecule has 3 aromatic rings. The number of rotatable bonds is 3. The van der Waals surface area contributed by atoms with E-state index >= 15 is 0 Å². The van der Waals surface area contributed by atoms with Gasteiger partial charge < -0.3 is 5.32 Å². The minimum Gasteiger partial charge on any atom is -0.352 e. The molecule has 27 heavy (non-hydrogen) atoms. The Kier molecular flexibility index (Phi) is 4.72. The zero-order valence-corrected chi connectivity index (χ0v) is 16.7. The minimum atomic E-state index is -0.586. The fourth-order valence-electron chi connectivity index (χ4n) is 3.95. The molecule has 0 spiro atoms. The van der Waals surface area contributed by atoms with Crippen molar-refractivity contribution in [3.05, 3.63) is 34.0 Å². The second-order valence-electron chi connectivity index (χ2n) is 7.52. The molecule has 0 aromatic carbocycles. The minimum absolute atomic E-state index is 0.114. The van der Waals surface area contributed by atoms with E-state index in [-0.39, 0.29) is 17.5 Å². The van der Waals surface area contributed by atoms with Crippen molar-refractivity contribution >= 4 is 37.7 Å². The van der Waals surface area contributed by atoms with Gasteiger partial charge in [-0.05, 0) is 45.2 Å². The molecule has 1 atom stereocenters. The monoisotopic (exact) mass is 384 g/mol. The van der Waals surface area contributed by atoms with Gasteiger partial charge in [0.2, 0.25) is 5.91 Å². The Bertz CT molecular complexity index is 1080. The smallest absolute Gasteiger partial charge is 0.272 e. The van der Waals surface area contributed by atoms with Crippen molar-refractivity contribution in [1.29, 1.82) is 0 Å². The number of amides is 1. The molecular weight excluding hydrogens is 360 g/mol. The zero-order chi connectivity index (χ0) is 19.1. The maximum absolute atomic E-state index is 13.1. The molecule has 1 saturated carbocycles. The van der Waals surface area contributed by atoms with Crippen molar-refractivity contribution in [2.75, 3.05) is 0 Å². The normalized spacial score (nSPS) is 16.7. The van der Waals surface area contributed by atoms with Gasteiger partial charge >= 0.3 is 0 Å². The van der Waals surface area contributed by atoms with Gasteiger partial charge in [0.1, 0.15) is 15.6 Å². The summed E-state index contributed by atoms with van der Waals surface area (Å²) in [6, 6.07) is 1.64. The van der Waals surface area contributed by atoms with Crippen LogP contribution in [0.15, 0.2) is 17.2 Å². The van der Waals surface area contributed by atoms with Crippen molar-refractivity contribution in [1.82, 2.24) is 19.9 Å². The van der Waals surface area contributed by atoms with Gasteiger partial charge in [-0.2, -0.15) is 0 Å². The Balaban J connectivity index is 1.70. The summed E-state index contributed by atoms with van der Waals surface area (Å²) in [4.78, 5) is 35.6. The summed E-state index contributed by atoms with van der Waals surface area (Å²) < 4.78 is 2.00. The van der Waals surface area contributed by atoms with Crippen LogP contribution in [-0.4, -0.2) is 26.5 Å². The van der Waals surface area contributed by atoms with E-state index < -0.39 is 6.04 Å². The van der Waals surface area contributed by atoms with Crippen LogP contribution < -0.4 is 10.9 Å². The third kappa shape index (κ3) is 3.25. The average molecular weight is 385 g/mol. The molecule has 0 unspecified atom stereocenters. The lowest BCUT2D eigenvalue weighted by atomic mass is 9.95. The van der Waals surface area contributed by atoms with E-state index in [4.69, 9.17) is 0 Å². The van der Waals surface area contributed by atoms with Crippen LogP contribution in [0.4, 0.5) is 0 Å². The van der Waals surface area contributed by atoms with Crippen LogP contribution in [0.25, 0.3) is 20.4 Å². The number of fused-ring (bicyclic) bond motifs is 3. The highest BCUT2D eigenvalue weighted by atomic mass is 32.1. The fourth-order valence-corrected chi connectivity index (χ4v) is 5.14. The molecule has 1 aliphatic rings. The first-order valence-electron chi connectivity index (χ1n) is 9.53. The zero-order valence-electron chi connectivity index (χ0n) is 15.9. The van der Waals surface area contributed by atoms with Crippen molar-refractivity contribution in [2.45, 2.75) is 65.0 Å². The third-order valence-corrected chi connectivity index (χ3v) is 6.51. The molecule has 0 aliphatic heterocycles. The van der Waals surface area contributed by atoms with Gasteiger partial charge in [0.05, 0.1) is 11.8 Å². The van der Waals surface area contributed by atoms with E-state index in [0.29, 0.717) is 10.2 Å². The van der Waals surface area contributed by atoms with Crippen LogP contribution in [0.3, 0.4) is 0 Å². The molecule has 0 bridgehead atoms. The summed E-state index contributed by atoms with van der Waals surface area (Å²) in [6.07, 6.45) is 7.08. The van der Waals surface area contributed by atoms with Crippen LogP contribution in [0.2, 0.25) is 0 Å². The van der Waals surface area contributed by atoms with Crippen molar-refractivity contribution in [3.63, 3.8) is 0 Å². The molecule has 3 aromatic heterocycles. The molecular formula is C20H24N4O2S. The van der Waals surface area contributed by atoms with Crippen LogP contribution >= 0.6 is 11.3 Å². The first-order chi connectivity index (χ1) is 13.0. The SMILES string of the molecule is Cc1cc(C)c2c(n1)sc1c(=O)n([C@@H](C)C(=O)NC3CCCCC3)cnc12. The highest BCUT2D eigenvalue weighted by Gasteiger charge is 2.23. The van der Waals surface area contributed by atoms with Gasteiger partial charge in [0.25, 0.3) is 5.56 Å². The Morgan fingerprint density at radius 3 is 2.78 bits per heavy atom. The third-order valence-electron chi connectivity index (χ3n) is 5.45. The number of aromatic nitrogens is 3. The molecule has 6 nitrogen and oxygen atoms in total. The number of pyridine rings is 1. The number of nitrogens with one attached hydrogen (secondary N) is 1. The number of hydrogen-bond acceptors (Lipinski definition) is 5. The molecule has 3 heterocycles. The molecule has 0 saturated heterocycles. The number of carbonyl (C=O) groups excluding carboxylic acids is 1. The van der Waals surface area contributed by atoms with Crippen molar-refractivity contribution in [2.24, 2.45) is 0 Å². The van der Waals surface area contributed by atoms with Gasteiger partial charge in [0, 0.05) is 17.1 Å².